The van der Waals surface area contributed by atoms with Gasteiger partial charge in [0.05, 0.1) is 11.0 Å². The van der Waals surface area contributed by atoms with E-state index in [4.69, 9.17) is 4.74 Å². The molecule has 2 N–H and O–H groups in total. The highest BCUT2D eigenvalue weighted by molar-refractivity contribution is 5.80. The van der Waals surface area contributed by atoms with Crippen LogP contribution >= 0.6 is 0 Å². The van der Waals surface area contributed by atoms with E-state index in [-0.39, 0.29) is 0 Å². The fourth-order valence-corrected chi connectivity index (χ4v) is 2.74. The summed E-state index contributed by atoms with van der Waals surface area (Å²) in [5.74, 6) is 2.63. The molecule has 136 valence electrons. The number of para-hydroxylation sites is 2. The van der Waals surface area contributed by atoms with Gasteiger partial charge in [-0.15, -0.1) is 0 Å². The average Bonchev–Trinajstić information content (AvgIpc) is 3.40. The fraction of sp³-hybridized carbons (Fsp3) is 0.579. The lowest BCUT2D eigenvalue weighted by molar-refractivity contribution is 0.123. The smallest absolute Gasteiger partial charge is 0.191 e. The van der Waals surface area contributed by atoms with Crippen LogP contribution in [0.15, 0.2) is 29.3 Å². The Bertz CT molecular complexity index is 705. The molecule has 6 heteroatoms. The van der Waals surface area contributed by atoms with Crippen LogP contribution in [0.1, 0.15) is 32.0 Å². The van der Waals surface area contributed by atoms with E-state index in [1.54, 1.807) is 0 Å². The summed E-state index contributed by atoms with van der Waals surface area (Å²) in [6.45, 7) is 6.07. The second kappa shape index (κ2) is 8.85. The Morgan fingerprint density at radius 3 is 2.92 bits per heavy atom. The van der Waals surface area contributed by atoms with Crippen LogP contribution in [0.5, 0.6) is 0 Å². The second-order valence-electron chi connectivity index (χ2n) is 6.57. The molecule has 25 heavy (non-hydrogen) atoms. The molecule has 0 amide bonds. The quantitative estimate of drug-likeness (QED) is 0.417. The van der Waals surface area contributed by atoms with Gasteiger partial charge in [0.2, 0.25) is 0 Å². The Hall–Kier alpha value is -2.08. The molecule has 6 nitrogen and oxygen atoms in total. The van der Waals surface area contributed by atoms with Crippen molar-refractivity contribution in [2.45, 2.75) is 32.7 Å². The average molecular weight is 343 g/mol. The molecule has 1 saturated carbocycles. The Labute approximate surface area is 149 Å². The van der Waals surface area contributed by atoms with Crippen molar-refractivity contribution in [2.24, 2.45) is 18.0 Å². The van der Waals surface area contributed by atoms with Crippen molar-refractivity contribution in [1.82, 2.24) is 20.2 Å². The first-order chi connectivity index (χ1) is 12.3. The number of rotatable bonds is 9. The van der Waals surface area contributed by atoms with E-state index in [0.717, 1.165) is 61.5 Å². The zero-order chi connectivity index (χ0) is 17.5. The second-order valence-corrected chi connectivity index (χ2v) is 6.57. The van der Waals surface area contributed by atoms with E-state index >= 15 is 0 Å². The SMILES string of the molecule is CCNC(=NCc1nc2ccccc2n1C)NCCCOCC1CC1. The molecule has 0 radical (unpaired) electrons. The van der Waals surface area contributed by atoms with Gasteiger partial charge in [-0.3, -0.25) is 0 Å². The first-order valence-corrected chi connectivity index (χ1v) is 9.28. The largest absolute Gasteiger partial charge is 0.381 e. The molecule has 0 atom stereocenters. The zero-order valence-electron chi connectivity index (χ0n) is 15.3. The zero-order valence-corrected chi connectivity index (χ0v) is 15.3. The number of aromatic nitrogens is 2. The van der Waals surface area contributed by atoms with Crippen LogP contribution in [-0.2, 0) is 18.3 Å². The first kappa shape index (κ1) is 17.7. The van der Waals surface area contributed by atoms with Crippen LogP contribution in [-0.4, -0.2) is 41.8 Å². The highest BCUT2D eigenvalue weighted by Crippen LogP contribution is 2.28. The summed E-state index contributed by atoms with van der Waals surface area (Å²) in [4.78, 5) is 9.33. The predicted molar refractivity (Wildman–Crippen MR) is 102 cm³/mol. The van der Waals surface area contributed by atoms with Gasteiger partial charge in [-0.2, -0.15) is 0 Å². The van der Waals surface area contributed by atoms with Crippen LogP contribution in [0.4, 0.5) is 0 Å². The normalized spacial score (nSPS) is 14.9. The van der Waals surface area contributed by atoms with Gasteiger partial charge in [-0.05, 0) is 44.2 Å². The fourth-order valence-electron chi connectivity index (χ4n) is 2.74. The molecule has 1 aromatic carbocycles. The third-order valence-electron chi connectivity index (χ3n) is 4.41. The monoisotopic (exact) mass is 343 g/mol. The summed E-state index contributed by atoms with van der Waals surface area (Å²) >= 11 is 0. The number of fused-ring (bicyclic) bond motifs is 1. The number of ether oxygens (including phenoxy) is 1. The lowest BCUT2D eigenvalue weighted by Gasteiger charge is -2.11. The molecule has 3 rings (SSSR count). The molecule has 1 aromatic heterocycles. The van der Waals surface area contributed by atoms with Gasteiger partial charge in [0.25, 0.3) is 0 Å². The summed E-state index contributed by atoms with van der Waals surface area (Å²) in [5.41, 5.74) is 2.15. The number of benzene rings is 1. The van der Waals surface area contributed by atoms with Crippen LogP contribution < -0.4 is 10.6 Å². The maximum absolute atomic E-state index is 5.66. The van der Waals surface area contributed by atoms with Crippen molar-refractivity contribution in [3.05, 3.63) is 30.1 Å². The number of aryl methyl sites for hydroxylation is 1. The predicted octanol–water partition coefficient (Wildman–Crippen LogP) is 2.45. The van der Waals surface area contributed by atoms with E-state index in [9.17, 15) is 0 Å². The number of imidazole rings is 1. The van der Waals surface area contributed by atoms with Gasteiger partial charge in [-0.25, -0.2) is 9.98 Å². The molecule has 0 spiro atoms. The molecule has 2 aromatic rings. The first-order valence-electron chi connectivity index (χ1n) is 9.28. The number of aliphatic imine (C=N–C) groups is 1. The van der Waals surface area contributed by atoms with E-state index in [1.807, 2.05) is 25.2 Å². The van der Waals surface area contributed by atoms with Gasteiger partial charge >= 0.3 is 0 Å². The third-order valence-corrected chi connectivity index (χ3v) is 4.41. The molecule has 1 aliphatic rings. The highest BCUT2D eigenvalue weighted by atomic mass is 16.5. The maximum atomic E-state index is 5.66. The van der Waals surface area contributed by atoms with Crippen molar-refractivity contribution in [1.29, 1.82) is 0 Å². The van der Waals surface area contributed by atoms with Crippen molar-refractivity contribution < 1.29 is 4.74 Å². The number of nitrogens with one attached hydrogen (secondary N) is 2. The summed E-state index contributed by atoms with van der Waals surface area (Å²) in [6.07, 6.45) is 3.68. The topological polar surface area (TPSA) is 63.5 Å². The summed E-state index contributed by atoms with van der Waals surface area (Å²) in [7, 11) is 2.04. The Morgan fingerprint density at radius 1 is 1.32 bits per heavy atom. The van der Waals surface area contributed by atoms with Gasteiger partial charge in [0.1, 0.15) is 12.4 Å². The van der Waals surface area contributed by atoms with Gasteiger partial charge in [-0.1, -0.05) is 12.1 Å². The molecule has 1 heterocycles. The minimum Gasteiger partial charge on any atom is -0.381 e. The summed E-state index contributed by atoms with van der Waals surface area (Å²) in [5, 5.41) is 6.66. The number of nitrogens with zero attached hydrogens (tertiary/aromatic N) is 3. The highest BCUT2D eigenvalue weighted by Gasteiger charge is 2.20. The van der Waals surface area contributed by atoms with Gasteiger partial charge in [0.15, 0.2) is 5.96 Å². The molecule has 1 aliphatic carbocycles. The Kier molecular flexibility index (Phi) is 6.28. The van der Waals surface area contributed by atoms with Crippen LogP contribution in [0.2, 0.25) is 0 Å². The van der Waals surface area contributed by atoms with E-state index < -0.39 is 0 Å². The number of hydrogen-bond acceptors (Lipinski definition) is 3. The van der Waals surface area contributed by atoms with Gasteiger partial charge in [0, 0.05) is 33.4 Å². The number of hydrogen-bond donors (Lipinski definition) is 2. The van der Waals surface area contributed by atoms with E-state index in [2.05, 4.69) is 38.2 Å². The lowest BCUT2D eigenvalue weighted by atomic mass is 10.3. The lowest BCUT2D eigenvalue weighted by Crippen LogP contribution is -2.38. The van der Waals surface area contributed by atoms with Crippen LogP contribution in [0, 0.1) is 5.92 Å². The van der Waals surface area contributed by atoms with E-state index in [0.29, 0.717) is 6.54 Å². The molecule has 0 bridgehead atoms. The summed E-state index contributed by atoms with van der Waals surface area (Å²) in [6, 6.07) is 8.17. The molecule has 0 saturated heterocycles. The molecule has 0 unspecified atom stereocenters. The number of guanidine groups is 1. The summed E-state index contributed by atoms with van der Waals surface area (Å²) < 4.78 is 7.77. The molecular weight excluding hydrogens is 314 g/mol. The van der Waals surface area contributed by atoms with Crippen molar-refractivity contribution in [3.63, 3.8) is 0 Å². The minimum atomic E-state index is 0.554. The molecular formula is C19H29N5O. The van der Waals surface area contributed by atoms with Gasteiger partial charge < -0.3 is 19.9 Å². The van der Waals surface area contributed by atoms with Crippen LogP contribution in [0.3, 0.4) is 0 Å². The third kappa shape index (κ3) is 5.19. The Morgan fingerprint density at radius 2 is 2.16 bits per heavy atom. The van der Waals surface area contributed by atoms with Crippen molar-refractivity contribution in [3.8, 4) is 0 Å². The van der Waals surface area contributed by atoms with Crippen molar-refractivity contribution >= 4 is 17.0 Å². The molecule has 1 fully saturated rings. The maximum Gasteiger partial charge on any atom is 0.191 e. The van der Waals surface area contributed by atoms with Crippen LogP contribution in [0.25, 0.3) is 11.0 Å². The van der Waals surface area contributed by atoms with E-state index in [1.165, 1.54) is 12.8 Å². The standard InChI is InChI=1S/C19H29N5O/c1-3-20-19(21-11-6-12-25-14-15-9-10-15)22-13-18-23-16-7-4-5-8-17(16)24(18)2/h4-5,7-8,15H,3,6,9-14H2,1-2H3,(H2,20,21,22). The Balaban J connectivity index is 1.49. The minimum absolute atomic E-state index is 0.554. The van der Waals surface area contributed by atoms with Crippen molar-refractivity contribution in [2.75, 3.05) is 26.3 Å². The molecule has 0 aliphatic heterocycles.